The largest absolute Gasteiger partial charge is 0.418 e. The summed E-state index contributed by atoms with van der Waals surface area (Å²) in [6.07, 6.45) is 0. The zero-order chi connectivity index (χ0) is 7.40. The average molecular weight is 142 g/mol. The average Bonchev–Trinajstić information content (AvgIpc) is 1.84. The van der Waals surface area contributed by atoms with Crippen molar-refractivity contribution in [3.05, 3.63) is 0 Å². The van der Waals surface area contributed by atoms with Gasteiger partial charge in [0.2, 0.25) is 0 Å². The van der Waals surface area contributed by atoms with Crippen LogP contribution in [0.5, 0.6) is 0 Å². The van der Waals surface area contributed by atoms with E-state index < -0.39 is 5.91 Å². The third-order valence-corrected chi connectivity index (χ3v) is 0.841. The van der Waals surface area contributed by atoms with Gasteiger partial charge in [0.25, 0.3) is 5.91 Å². The van der Waals surface area contributed by atoms with Gasteiger partial charge in [0.05, 0.1) is 6.61 Å². The van der Waals surface area contributed by atoms with Crippen LogP contribution in [0.3, 0.4) is 0 Å². The minimum absolute atomic E-state index is 0.104. The quantitative estimate of drug-likeness (QED) is 0.405. The molecular weight excluding hydrogens is 137 g/mol. The Hall–Kier alpha value is -0.875. The van der Waals surface area contributed by atoms with Gasteiger partial charge in [-0.25, -0.2) is 5.48 Å². The maximum absolute atomic E-state index is 10.5. The van der Waals surface area contributed by atoms with Crippen LogP contribution in [0.1, 0.15) is 0 Å². The number of hydroxylamine groups is 1. The molecule has 1 radical (unpaired) electrons. The maximum atomic E-state index is 10.5. The molecule has 0 aromatic heterocycles. The molecule has 0 saturated carbocycles. The van der Waals surface area contributed by atoms with Gasteiger partial charge >= 0.3 is 7.48 Å². The lowest BCUT2D eigenvalue weighted by molar-refractivity contribution is -0.136. The molecule has 0 unspecified atom stereocenters. The number of nitrogens with one attached hydrogen (secondary N) is 1. The van der Waals surface area contributed by atoms with E-state index in [2.05, 4.69) is 9.49 Å². The molecule has 0 aromatic carbocycles. The first kappa shape index (κ1) is 7.23. The lowest BCUT2D eigenvalue weighted by Gasteiger charge is -2.08. The van der Waals surface area contributed by atoms with Crippen LogP contribution in [0.4, 0.5) is 0 Å². The molecule has 1 N–H and O–H groups in total. The second kappa shape index (κ2) is 3.33. The molecule has 5 nitrogen and oxygen atoms in total. The summed E-state index contributed by atoms with van der Waals surface area (Å²) < 4.78 is 8.97. The Morgan fingerprint density at radius 1 is 1.40 bits per heavy atom. The van der Waals surface area contributed by atoms with Gasteiger partial charge in [-0.1, -0.05) is 0 Å². The highest BCUT2D eigenvalue weighted by molar-refractivity contribution is 6.69. The Bertz CT molecular complexity index is 129. The molecule has 10 heavy (non-hydrogen) atoms. The SMILES string of the molecule is O=C1[B]ONC(=O)COC1. The standard InChI is InChI=1S/C4H5BNO4/c7-3-1-9-2-4(8)6-10-5-3/h1-2H2,(H,6,8). The fourth-order valence-electron chi connectivity index (χ4n) is 0.469. The molecule has 0 atom stereocenters. The summed E-state index contributed by atoms with van der Waals surface area (Å²) in [4.78, 5) is 20.9. The fourth-order valence-corrected chi connectivity index (χ4v) is 0.469. The van der Waals surface area contributed by atoms with Crippen LogP contribution in [0.2, 0.25) is 0 Å². The minimum Gasteiger partial charge on any atom is -0.365 e. The predicted molar refractivity (Wildman–Crippen MR) is 30.8 cm³/mol. The maximum Gasteiger partial charge on any atom is 0.418 e. The molecule has 0 aliphatic carbocycles. The first-order valence-corrected chi connectivity index (χ1v) is 2.67. The van der Waals surface area contributed by atoms with Crippen molar-refractivity contribution in [1.82, 2.24) is 5.48 Å². The summed E-state index contributed by atoms with van der Waals surface area (Å²) in [5.41, 5.74) is 1.67. The van der Waals surface area contributed by atoms with Crippen molar-refractivity contribution in [2.75, 3.05) is 13.2 Å². The molecular formula is C4H5BNO4. The highest BCUT2D eigenvalue weighted by Gasteiger charge is 2.12. The van der Waals surface area contributed by atoms with Crippen LogP contribution in [0.25, 0.3) is 0 Å². The number of carbonyl (C=O) groups is 2. The number of hydrogen-bond donors (Lipinski definition) is 1. The van der Waals surface area contributed by atoms with Crippen molar-refractivity contribution >= 4 is 19.1 Å². The number of amides is 1. The molecule has 6 heteroatoms. The third kappa shape index (κ3) is 2.16. The highest BCUT2D eigenvalue weighted by Crippen LogP contribution is 1.82. The van der Waals surface area contributed by atoms with E-state index in [9.17, 15) is 9.59 Å². The fraction of sp³-hybridized carbons (Fsp3) is 0.500. The number of rotatable bonds is 0. The molecule has 0 bridgehead atoms. The molecule has 1 saturated heterocycles. The molecule has 53 valence electrons. The summed E-state index contributed by atoms with van der Waals surface area (Å²) in [5, 5.41) is 0. The van der Waals surface area contributed by atoms with E-state index in [1.807, 2.05) is 5.48 Å². The lowest BCUT2D eigenvalue weighted by atomic mass is 9.95. The Kier molecular flexibility index (Phi) is 2.41. The monoisotopic (exact) mass is 142 g/mol. The van der Waals surface area contributed by atoms with Crippen LogP contribution in [-0.2, 0) is 19.1 Å². The Balaban J connectivity index is 2.34. The smallest absolute Gasteiger partial charge is 0.365 e. The van der Waals surface area contributed by atoms with E-state index in [0.717, 1.165) is 7.48 Å². The van der Waals surface area contributed by atoms with Crippen molar-refractivity contribution in [3.8, 4) is 0 Å². The highest BCUT2D eigenvalue weighted by atomic mass is 16.6. The molecule has 1 rings (SSSR count). The molecule has 1 fully saturated rings. The van der Waals surface area contributed by atoms with E-state index in [1.165, 1.54) is 0 Å². The third-order valence-electron chi connectivity index (χ3n) is 0.841. The van der Waals surface area contributed by atoms with Crippen molar-refractivity contribution < 1.29 is 19.1 Å². The van der Waals surface area contributed by atoms with Gasteiger partial charge < -0.3 is 14.3 Å². The van der Waals surface area contributed by atoms with Crippen molar-refractivity contribution in [2.45, 2.75) is 0 Å². The molecule has 1 aliphatic heterocycles. The summed E-state index contributed by atoms with van der Waals surface area (Å²) in [6.45, 7) is -0.243. The second-order valence-corrected chi connectivity index (χ2v) is 1.72. The van der Waals surface area contributed by atoms with Gasteiger partial charge in [0.15, 0.2) is 5.68 Å². The first-order chi connectivity index (χ1) is 4.79. The molecule has 0 aromatic rings. The van der Waals surface area contributed by atoms with Crippen LogP contribution < -0.4 is 5.48 Å². The molecule has 1 aliphatic rings. The Labute approximate surface area is 57.9 Å². The second-order valence-electron chi connectivity index (χ2n) is 1.72. The van der Waals surface area contributed by atoms with E-state index in [0.29, 0.717) is 0 Å². The van der Waals surface area contributed by atoms with E-state index in [-0.39, 0.29) is 18.9 Å². The summed E-state index contributed by atoms with van der Waals surface area (Å²) in [5.74, 6) is -0.399. The summed E-state index contributed by atoms with van der Waals surface area (Å²) in [7, 11) is 0.900. The zero-order valence-electron chi connectivity index (χ0n) is 5.12. The molecule has 1 heterocycles. The minimum atomic E-state index is -0.399. The number of ether oxygens (including phenoxy) is 1. The predicted octanol–water partition coefficient (Wildman–Crippen LogP) is -1.79. The van der Waals surface area contributed by atoms with Crippen LogP contribution in [-0.4, -0.2) is 32.3 Å². The van der Waals surface area contributed by atoms with Crippen molar-refractivity contribution in [1.29, 1.82) is 0 Å². The normalized spacial score (nSPS) is 20.4. The molecule has 1 amide bonds. The Morgan fingerprint density at radius 3 is 3.00 bits per heavy atom. The van der Waals surface area contributed by atoms with Gasteiger partial charge in [0.1, 0.15) is 6.61 Å². The number of hydrogen-bond acceptors (Lipinski definition) is 4. The van der Waals surface area contributed by atoms with Gasteiger partial charge in [-0.3, -0.25) is 4.79 Å². The number of carbonyl (C=O) groups excluding carboxylic acids is 2. The van der Waals surface area contributed by atoms with Gasteiger partial charge in [-0.2, -0.15) is 0 Å². The van der Waals surface area contributed by atoms with Crippen LogP contribution in [0.15, 0.2) is 0 Å². The lowest BCUT2D eigenvalue weighted by Crippen LogP contribution is -2.36. The van der Waals surface area contributed by atoms with E-state index >= 15 is 0 Å². The van der Waals surface area contributed by atoms with Gasteiger partial charge in [-0.15, -0.1) is 0 Å². The zero-order valence-corrected chi connectivity index (χ0v) is 5.12. The Morgan fingerprint density at radius 2 is 2.20 bits per heavy atom. The van der Waals surface area contributed by atoms with E-state index in [4.69, 9.17) is 0 Å². The summed E-state index contributed by atoms with van der Waals surface area (Å²) in [6, 6.07) is 0. The van der Waals surface area contributed by atoms with Crippen molar-refractivity contribution in [2.24, 2.45) is 0 Å². The topological polar surface area (TPSA) is 64.6 Å². The summed E-state index contributed by atoms with van der Waals surface area (Å²) >= 11 is 0. The van der Waals surface area contributed by atoms with Gasteiger partial charge in [0, 0.05) is 0 Å². The van der Waals surface area contributed by atoms with Crippen LogP contribution >= 0.6 is 0 Å². The van der Waals surface area contributed by atoms with Gasteiger partial charge in [-0.05, 0) is 0 Å². The van der Waals surface area contributed by atoms with Crippen molar-refractivity contribution in [3.63, 3.8) is 0 Å². The van der Waals surface area contributed by atoms with Crippen LogP contribution in [0, 0.1) is 0 Å². The molecule has 0 spiro atoms. The van der Waals surface area contributed by atoms with E-state index in [1.54, 1.807) is 0 Å². The first-order valence-electron chi connectivity index (χ1n) is 2.67.